The standard InChI is InChI=1S/C28H43NO5S/c1-16-8-7-9-20-10-11-21(20)13-23(17(2)12-22-15-35-19(4)29-22)34-25(31)14-24(30)28(5,6)27(33)18(3)26(16)32/h12,15-16,18,20-21,23-24,26,30,32H,7-11,13-14H2,1-6H3/b17-12+/t16-,18+,20-,21-,23+,24-,26?/m0/s1. The smallest absolute Gasteiger partial charge is 0.309 e. The van der Waals surface area contributed by atoms with Crippen LogP contribution in [0.4, 0.5) is 0 Å². The molecule has 35 heavy (non-hydrogen) atoms. The van der Waals surface area contributed by atoms with Crippen LogP contribution in [-0.2, 0) is 14.3 Å². The third-order valence-electron chi connectivity index (χ3n) is 8.46. The summed E-state index contributed by atoms with van der Waals surface area (Å²) in [6, 6.07) is 0. The summed E-state index contributed by atoms with van der Waals surface area (Å²) in [7, 11) is 0. The van der Waals surface area contributed by atoms with Crippen molar-refractivity contribution in [1.29, 1.82) is 0 Å². The van der Waals surface area contributed by atoms with Gasteiger partial charge in [0.05, 0.1) is 34.7 Å². The molecule has 2 heterocycles. The Morgan fingerprint density at radius 1 is 1.14 bits per heavy atom. The monoisotopic (exact) mass is 505 g/mol. The van der Waals surface area contributed by atoms with Gasteiger partial charge in [-0.25, -0.2) is 4.98 Å². The third-order valence-corrected chi connectivity index (χ3v) is 9.25. The van der Waals surface area contributed by atoms with Crippen LogP contribution in [0, 0.1) is 36.0 Å². The van der Waals surface area contributed by atoms with Gasteiger partial charge in [-0.15, -0.1) is 11.3 Å². The van der Waals surface area contributed by atoms with Gasteiger partial charge in [0, 0.05) is 11.3 Å². The Balaban J connectivity index is 1.84. The van der Waals surface area contributed by atoms with Gasteiger partial charge in [0.15, 0.2) is 0 Å². The maximum absolute atomic E-state index is 13.2. The van der Waals surface area contributed by atoms with Crippen LogP contribution in [0.3, 0.4) is 0 Å². The third kappa shape index (κ3) is 6.80. The van der Waals surface area contributed by atoms with Crippen LogP contribution in [0.1, 0.15) is 90.3 Å². The second-order valence-electron chi connectivity index (χ2n) is 11.5. The average Bonchev–Trinajstić information content (AvgIpc) is 3.20. The summed E-state index contributed by atoms with van der Waals surface area (Å²) in [5.74, 6) is -0.271. The van der Waals surface area contributed by atoms with Gasteiger partial charge in [0.25, 0.3) is 0 Å². The highest BCUT2D eigenvalue weighted by Crippen LogP contribution is 2.43. The summed E-state index contributed by atoms with van der Waals surface area (Å²) in [5, 5.41) is 24.7. The highest BCUT2D eigenvalue weighted by atomic mass is 32.1. The molecule has 1 unspecified atom stereocenters. The largest absolute Gasteiger partial charge is 0.458 e. The van der Waals surface area contributed by atoms with E-state index in [9.17, 15) is 19.8 Å². The molecule has 6 nitrogen and oxygen atoms in total. The van der Waals surface area contributed by atoms with Gasteiger partial charge in [-0.2, -0.15) is 0 Å². The number of aliphatic hydroxyl groups is 2. The molecular weight excluding hydrogens is 462 g/mol. The fourth-order valence-electron chi connectivity index (χ4n) is 5.59. The number of ether oxygens (including phenoxy) is 1. The number of thiazole rings is 1. The van der Waals surface area contributed by atoms with Crippen molar-refractivity contribution in [2.45, 2.75) is 105 Å². The predicted octanol–water partition coefficient (Wildman–Crippen LogP) is 5.35. The maximum atomic E-state index is 13.2. The van der Waals surface area contributed by atoms with Crippen LogP contribution in [0.5, 0.6) is 0 Å². The molecule has 0 spiro atoms. The lowest BCUT2D eigenvalue weighted by Crippen LogP contribution is -2.46. The van der Waals surface area contributed by atoms with Gasteiger partial charge in [0.1, 0.15) is 11.9 Å². The lowest BCUT2D eigenvalue weighted by molar-refractivity contribution is -0.155. The summed E-state index contributed by atoms with van der Waals surface area (Å²) in [4.78, 5) is 30.7. The van der Waals surface area contributed by atoms with E-state index in [0.717, 1.165) is 48.4 Å². The Kier molecular flexibility index (Phi) is 9.33. The zero-order valence-electron chi connectivity index (χ0n) is 22.1. The number of rotatable bonds is 2. The normalized spacial score (nSPS) is 35.7. The first-order chi connectivity index (χ1) is 16.4. The molecule has 0 bridgehead atoms. The number of cyclic esters (lactones) is 1. The number of aryl methyl sites for hydroxylation is 1. The number of carbonyl (C=O) groups excluding carboxylic acids is 2. The Morgan fingerprint density at radius 2 is 1.83 bits per heavy atom. The van der Waals surface area contributed by atoms with Gasteiger partial charge in [-0.05, 0) is 68.9 Å². The maximum Gasteiger partial charge on any atom is 0.309 e. The van der Waals surface area contributed by atoms with Gasteiger partial charge >= 0.3 is 5.97 Å². The SMILES string of the molecule is C/C(=C\c1csc(C)n1)[C@H]1C[C@@H]2CC[C@@H]2CCC[C@H](C)C(O)[C@@H](C)C(=O)C(C)(C)[C@@H](O)CC(=O)O1. The molecule has 2 aliphatic rings. The second kappa shape index (κ2) is 11.7. The lowest BCUT2D eigenvalue weighted by atomic mass is 9.68. The van der Waals surface area contributed by atoms with Crippen molar-refractivity contribution in [1.82, 2.24) is 4.98 Å². The summed E-state index contributed by atoms with van der Waals surface area (Å²) in [6.07, 6.45) is 5.41. The molecule has 0 radical (unpaired) electrons. The van der Waals surface area contributed by atoms with Crippen LogP contribution < -0.4 is 0 Å². The number of esters is 1. The fraction of sp³-hybridized carbons (Fsp3) is 0.750. The summed E-state index contributed by atoms with van der Waals surface area (Å²) < 4.78 is 5.96. The number of nitrogens with zero attached hydrogens (tertiary/aromatic N) is 1. The van der Waals surface area contributed by atoms with E-state index in [0.29, 0.717) is 11.8 Å². The quantitative estimate of drug-likeness (QED) is 0.526. The van der Waals surface area contributed by atoms with E-state index in [-0.39, 0.29) is 24.2 Å². The average molecular weight is 506 g/mol. The van der Waals surface area contributed by atoms with Crippen LogP contribution in [0.2, 0.25) is 0 Å². The van der Waals surface area contributed by atoms with E-state index in [2.05, 4.69) is 4.98 Å². The minimum atomic E-state index is -1.19. The molecule has 196 valence electrons. The zero-order chi connectivity index (χ0) is 25.9. The lowest BCUT2D eigenvalue weighted by Gasteiger charge is -2.40. The molecule has 1 saturated carbocycles. The molecule has 7 heteroatoms. The molecule has 1 aliphatic heterocycles. The van der Waals surface area contributed by atoms with Crippen molar-refractivity contribution in [3.63, 3.8) is 0 Å². The van der Waals surface area contributed by atoms with Crippen LogP contribution in [0.25, 0.3) is 6.08 Å². The predicted molar refractivity (Wildman–Crippen MR) is 139 cm³/mol. The number of aromatic nitrogens is 1. The zero-order valence-corrected chi connectivity index (χ0v) is 22.9. The number of Topliss-reactive ketones (excluding diaryl/α,β-unsaturated/α-hetero) is 1. The van der Waals surface area contributed by atoms with Crippen molar-refractivity contribution >= 4 is 29.2 Å². The van der Waals surface area contributed by atoms with Crippen molar-refractivity contribution in [3.8, 4) is 0 Å². The molecule has 0 amide bonds. The van der Waals surface area contributed by atoms with Crippen LogP contribution >= 0.6 is 11.3 Å². The van der Waals surface area contributed by atoms with Gasteiger partial charge < -0.3 is 14.9 Å². The van der Waals surface area contributed by atoms with Crippen LogP contribution in [-0.4, -0.2) is 45.3 Å². The van der Waals surface area contributed by atoms with E-state index in [1.165, 1.54) is 6.42 Å². The van der Waals surface area contributed by atoms with Gasteiger partial charge in [-0.1, -0.05) is 40.5 Å². The molecule has 1 saturated heterocycles. The molecule has 3 rings (SSSR count). The molecule has 2 N–H and O–H groups in total. The highest BCUT2D eigenvalue weighted by molar-refractivity contribution is 7.09. The van der Waals surface area contributed by atoms with Crippen molar-refractivity contribution < 1.29 is 24.5 Å². The number of hydrogen-bond acceptors (Lipinski definition) is 7. The number of ketones is 1. The van der Waals surface area contributed by atoms with Gasteiger partial charge in [-0.3, -0.25) is 9.59 Å². The highest BCUT2D eigenvalue weighted by Gasteiger charge is 2.43. The molecular formula is C28H43NO5S. The van der Waals surface area contributed by atoms with Gasteiger partial charge in [0.2, 0.25) is 0 Å². The molecule has 2 fully saturated rings. The number of hydrogen-bond donors (Lipinski definition) is 2. The second-order valence-corrected chi connectivity index (χ2v) is 12.5. The Bertz CT molecular complexity index is 922. The molecule has 7 atom stereocenters. The van der Waals surface area contributed by atoms with Crippen LogP contribution in [0.15, 0.2) is 11.0 Å². The first kappa shape index (κ1) is 28.0. The minimum Gasteiger partial charge on any atom is -0.458 e. The molecule has 0 aromatic carbocycles. The first-order valence-corrected chi connectivity index (χ1v) is 14.0. The van der Waals surface area contributed by atoms with E-state index >= 15 is 0 Å². The van der Waals surface area contributed by atoms with Crippen molar-refractivity contribution in [2.24, 2.45) is 29.1 Å². The van der Waals surface area contributed by atoms with E-state index < -0.39 is 29.5 Å². The first-order valence-electron chi connectivity index (χ1n) is 13.1. The number of fused-ring (bicyclic) bond motifs is 1. The van der Waals surface area contributed by atoms with Crippen molar-refractivity contribution in [2.75, 3.05) is 0 Å². The fourth-order valence-corrected chi connectivity index (χ4v) is 6.16. The summed E-state index contributed by atoms with van der Waals surface area (Å²) >= 11 is 1.59. The molecule has 1 aromatic heterocycles. The topological polar surface area (TPSA) is 96.7 Å². The van der Waals surface area contributed by atoms with E-state index in [1.54, 1.807) is 32.1 Å². The molecule has 1 aromatic rings. The number of aliphatic hydroxyl groups excluding tert-OH is 2. The Hall–Kier alpha value is -1.57. The van der Waals surface area contributed by atoms with E-state index in [4.69, 9.17) is 4.74 Å². The Labute approximate surface area is 214 Å². The number of carbonyl (C=O) groups is 2. The molecule has 1 aliphatic carbocycles. The van der Waals surface area contributed by atoms with Crippen molar-refractivity contribution in [3.05, 3.63) is 21.7 Å². The Morgan fingerprint density at radius 3 is 2.43 bits per heavy atom. The summed E-state index contributed by atoms with van der Waals surface area (Å²) in [5.41, 5.74) is 0.644. The van der Waals surface area contributed by atoms with E-state index in [1.807, 2.05) is 32.2 Å². The summed E-state index contributed by atoms with van der Waals surface area (Å²) in [6.45, 7) is 11.0. The minimum absolute atomic E-state index is 0.00205.